The Labute approximate surface area is 58.0 Å². The van der Waals surface area contributed by atoms with Crippen molar-refractivity contribution >= 4 is 17.6 Å². The largest absolute Gasteiger partial charge is 0.324 e. The third-order valence-corrected chi connectivity index (χ3v) is 1.88. The van der Waals surface area contributed by atoms with Crippen LogP contribution in [0, 0.1) is 0 Å². The van der Waals surface area contributed by atoms with Crippen LogP contribution in [-0.2, 0) is 6.42 Å². The Bertz CT molecular complexity index is 179. The molecule has 3 heteroatoms. The van der Waals surface area contributed by atoms with Crippen LogP contribution in [0.5, 0.6) is 0 Å². The van der Waals surface area contributed by atoms with Gasteiger partial charge in [0.05, 0.1) is 0 Å². The molecule has 2 N–H and O–H groups in total. The summed E-state index contributed by atoms with van der Waals surface area (Å²) in [6.07, 6.45) is 2.56. The van der Waals surface area contributed by atoms with E-state index in [1.165, 1.54) is 4.88 Å². The van der Waals surface area contributed by atoms with Crippen molar-refractivity contribution in [2.75, 3.05) is 0 Å². The summed E-state index contributed by atoms with van der Waals surface area (Å²) in [6, 6.07) is 4.08. The summed E-state index contributed by atoms with van der Waals surface area (Å²) in [5.41, 5.74) is 0. The van der Waals surface area contributed by atoms with Gasteiger partial charge in [-0.05, 0) is 11.4 Å². The Balaban J connectivity index is 2.48. The van der Waals surface area contributed by atoms with Crippen LogP contribution in [0.1, 0.15) is 4.88 Å². The average Bonchev–Trinajstić information content (AvgIpc) is 2.34. The second-order valence-corrected chi connectivity index (χ2v) is 2.65. The lowest BCUT2D eigenvalue weighted by Crippen LogP contribution is -1.85. The number of thiophene rings is 1. The Morgan fingerprint density at radius 3 is 3.22 bits per heavy atom. The molecule has 1 rings (SSSR count). The molecule has 0 radical (unpaired) electrons. The molecule has 0 saturated carbocycles. The summed E-state index contributed by atoms with van der Waals surface area (Å²) < 4.78 is 0. The summed E-state index contributed by atoms with van der Waals surface area (Å²) in [7, 11) is 0. The molecule has 0 atom stereocenters. The molecule has 1 aromatic heterocycles. The molecule has 0 aliphatic carbocycles. The second kappa shape index (κ2) is 3.25. The van der Waals surface area contributed by atoms with Crippen LogP contribution in [0.4, 0.5) is 0 Å². The van der Waals surface area contributed by atoms with Crippen LogP contribution in [0.15, 0.2) is 22.6 Å². The summed E-state index contributed by atoms with van der Waals surface area (Å²) in [5, 5.41) is 5.43. The number of nitrogens with two attached hydrogens (primary N) is 1. The van der Waals surface area contributed by atoms with E-state index in [9.17, 15) is 0 Å². The van der Waals surface area contributed by atoms with E-state index in [0.717, 1.165) is 6.42 Å². The number of hydrogen-bond acceptors (Lipinski definition) is 3. The summed E-state index contributed by atoms with van der Waals surface area (Å²) >= 11 is 1.72. The van der Waals surface area contributed by atoms with E-state index in [1.54, 1.807) is 17.6 Å². The van der Waals surface area contributed by atoms with Gasteiger partial charge in [-0.2, -0.15) is 5.10 Å². The van der Waals surface area contributed by atoms with Gasteiger partial charge < -0.3 is 5.84 Å². The van der Waals surface area contributed by atoms with E-state index in [-0.39, 0.29) is 0 Å². The fraction of sp³-hybridized carbons (Fsp3) is 0.167. The quantitative estimate of drug-likeness (QED) is 0.374. The third kappa shape index (κ3) is 1.85. The van der Waals surface area contributed by atoms with Gasteiger partial charge >= 0.3 is 0 Å². The van der Waals surface area contributed by atoms with E-state index in [4.69, 9.17) is 5.84 Å². The van der Waals surface area contributed by atoms with Crippen LogP contribution in [0.25, 0.3) is 0 Å². The van der Waals surface area contributed by atoms with Crippen molar-refractivity contribution in [3.8, 4) is 0 Å². The molecule has 0 aliphatic heterocycles. The van der Waals surface area contributed by atoms with Gasteiger partial charge in [0, 0.05) is 17.5 Å². The molecule has 48 valence electrons. The molecule has 0 bridgehead atoms. The second-order valence-electron chi connectivity index (χ2n) is 1.62. The van der Waals surface area contributed by atoms with Crippen molar-refractivity contribution in [3.05, 3.63) is 22.4 Å². The third-order valence-electron chi connectivity index (χ3n) is 0.978. The minimum atomic E-state index is 0.855. The van der Waals surface area contributed by atoms with Crippen LogP contribution in [0.2, 0.25) is 0 Å². The molecule has 0 amide bonds. The standard InChI is InChI=1S/C6H8N2S/c7-8-4-3-6-2-1-5-9-6/h1-2,4-5H,3,7H2. The highest BCUT2D eigenvalue weighted by atomic mass is 32.1. The number of nitrogens with zero attached hydrogens (tertiary/aromatic N) is 1. The van der Waals surface area contributed by atoms with Crippen molar-refractivity contribution in [1.29, 1.82) is 0 Å². The fourth-order valence-electron chi connectivity index (χ4n) is 0.571. The highest BCUT2D eigenvalue weighted by Crippen LogP contribution is 2.07. The molecule has 0 spiro atoms. The molecule has 0 fully saturated rings. The predicted octanol–water partition coefficient (Wildman–Crippen LogP) is 1.24. The number of hydrogen-bond donors (Lipinski definition) is 1. The topological polar surface area (TPSA) is 38.4 Å². The Hall–Kier alpha value is -0.830. The predicted molar refractivity (Wildman–Crippen MR) is 40.7 cm³/mol. The summed E-state index contributed by atoms with van der Waals surface area (Å²) in [6.45, 7) is 0. The van der Waals surface area contributed by atoms with Crippen LogP contribution < -0.4 is 5.84 Å². The highest BCUT2D eigenvalue weighted by molar-refractivity contribution is 7.10. The van der Waals surface area contributed by atoms with Crippen molar-refractivity contribution < 1.29 is 0 Å². The Kier molecular flexibility index (Phi) is 2.27. The zero-order valence-electron chi connectivity index (χ0n) is 4.95. The minimum absolute atomic E-state index is 0.855. The van der Waals surface area contributed by atoms with Gasteiger partial charge in [-0.15, -0.1) is 11.3 Å². The Morgan fingerprint density at radius 2 is 2.67 bits per heavy atom. The molecular formula is C6H8N2S. The maximum atomic E-state index is 4.92. The van der Waals surface area contributed by atoms with Crippen molar-refractivity contribution in [1.82, 2.24) is 0 Å². The molecule has 0 saturated heterocycles. The van der Waals surface area contributed by atoms with E-state index in [2.05, 4.69) is 11.2 Å². The number of hydrazone groups is 1. The summed E-state index contributed by atoms with van der Waals surface area (Å²) in [4.78, 5) is 1.30. The lowest BCUT2D eigenvalue weighted by molar-refractivity contribution is 1.24. The molecular weight excluding hydrogens is 132 g/mol. The summed E-state index contributed by atoms with van der Waals surface area (Å²) in [5.74, 6) is 4.92. The van der Waals surface area contributed by atoms with E-state index in [0.29, 0.717) is 0 Å². The zero-order chi connectivity index (χ0) is 6.53. The van der Waals surface area contributed by atoms with Gasteiger partial charge in [0.1, 0.15) is 0 Å². The van der Waals surface area contributed by atoms with Crippen LogP contribution >= 0.6 is 11.3 Å². The molecule has 9 heavy (non-hydrogen) atoms. The lowest BCUT2D eigenvalue weighted by atomic mass is 10.4. The molecule has 0 unspecified atom stereocenters. The minimum Gasteiger partial charge on any atom is -0.324 e. The molecule has 1 heterocycles. The maximum absolute atomic E-state index is 4.92. The molecule has 2 nitrogen and oxygen atoms in total. The highest BCUT2D eigenvalue weighted by Gasteiger charge is 1.86. The van der Waals surface area contributed by atoms with Gasteiger partial charge in [0.15, 0.2) is 0 Å². The molecule has 0 aliphatic rings. The first-order valence-electron chi connectivity index (χ1n) is 2.67. The zero-order valence-corrected chi connectivity index (χ0v) is 5.77. The molecule has 0 aromatic carbocycles. The van der Waals surface area contributed by atoms with Crippen molar-refractivity contribution in [2.45, 2.75) is 6.42 Å². The van der Waals surface area contributed by atoms with E-state index < -0.39 is 0 Å². The number of rotatable bonds is 2. The monoisotopic (exact) mass is 140 g/mol. The SMILES string of the molecule is NN=CCc1cccs1. The smallest absolute Gasteiger partial charge is 0.0292 e. The van der Waals surface area contributed by atoms with Gasteiger partial charge in [-0.25, -0.2) is 0 Å². The molecule has 1 aromatic rings. The van der Waals surface area contributed by atoms with Crippen molar-refractivity contribution in [2.24, 2.45) is 10.9 Å². The first-order chi connectivity index (χ1) is 4.43. The van der Waals surface area contributed by atoms with Gasteiger partial charge in [0.25, 0.3) is 0 Å². The Morgan fingerprint density at radius 1 is 1.78 bits per heavy atom. The first-order valence-corrected chi connectivity index (χ1v) is 3.55. The van der Waals surface area contributed by atoms with Gasteiger partial charge in [0.2, 0.25) is 0 Å². The van der Waals surface area contributed by atoms with Crippen LogP contribution in [-0.4, -0.2) is 6.21 Å². The average molecular weight is 140 g/mol. The van der Waals surface area contributed by atoms with E-state index >= 15 is 0 Å². The maximum Gasteiger partial charge on any atom is 0.0292 e. The van der Waals surface area contributed by atoms with E-state index in [1.807, 2.05) is 11.4 Å². The van der Waals surface area contributed by atoms with Gasteiger partial charge in [-0.3, -0.25) is 0 Å². The fourth-order valence-corrected chi connectivity index (χ4v) is 1.23. The van der Waals surface area contributed by atoms with Crippen LogP contribution in [0.3, 0.4) is 0 Å². The van der Waals surface area contributed by atoms with Gasteiger partial charge in [-0.1, -0.05) is 6.07 Å². The lowest BCUT2D eigenvalue weighted by Gasteiger charge is -1.82. The normalized spacial score (nSPS) is 10.7. The van der Waals surface area contributed by atoms with Crippen molar-refractivity contribution in [3.63, 3.8) is 0 Å². The first kappa shape index (κ1) is 6.29.